The van der Waals surface area contributed by atoms with E-state index in [2.05, 4.69) is 6.57 Å². The minimum atomic E-state index is 0. The Morgan fingerprint density at radius 3 is 0.667 bits per heavy atom. The molecule has 0 spiro atoms. The summed E-state index contributed by atoms with van der Waals surface area (Å²) in [4.78, 5) is 0. The fraction of sp³-hybridized carbons (Fsp3) is 0. The second-order valence-corrected chi connectivity index (χ2v) is 0. The van der Waals surface area contributed by atoms with Crippen LogP contribution in [-0.2, 0) is 0 Å². The van der Waals surface area contributed by atoms with Crippen LogP contribution in [0.5, 0.6) is 0 Å². The molecule has 6 heavy (non-hydrogen) atoms. The van der Waals surface area contributed by atoms with E-state index in [0.717, 1.165) is 0 Å². The van der Waals surface area contributed by atoms with Crippen LogP contribution in [0, 0.1) is 11.8 Å². The fourth-order valence-electron chi connectivity index (χ4n) is 0. The van der Waals surface area contributed by atoms with E-state index in [1.807, 2.05) is 0 Å². The molecular formula is CH9NO4. The molecule has 0 radical (unpaired) electrons. The van der Waals surface area contributed by atoms with Crippen LogP contribution in [0.4, 0.5) is 0 Å². The highest BCUT2D eigenvalue weighted by atomic mass is 16.0. The van der Waals surface area contributed by atoms with Gasteiger partial charge in [0.2, 0.25) is 0 Å². The van der Waals surface area contributed by atoms with E-state index in [4.69, 9.17) is 5.26 Å². The highest BCUT2D eigenvalue weighted by Crippen LogP contribution is 0.586. The predicted octanol–water partition coefficient (Wildman–Crippen LogP) is -3.16. The van der Waals surface area contributed by atoms with Crippen molar-refractivity contribution in [1.29, 1.82) is 5.26 Å². The van der Waals surface area contributed by atoms with Crippen molar-refractivity contribution in [2.75, 3.05) is 0 Å². The largest absolute Gasteiger partial charge is 0.412 e. The minimum Gasteiger partial charge on any atom is -0.412 e. The fourth-order valence-corrected chi connectivity index (χ4v) is 0. The van der Waals surface area contributed by atoms with Gasteiger partial charge in [0.05, 0.1) is 0 Å². The standard InChI is InChI=1S/CHN.4H2O/c1-2;;;;/h1H;4*1H2. The summed E-state index contributed by atoms with van der Waals surface area (Å²) in [5, 5.41) is 6.50. The number of rotatable bonds is 0. The van der Waals surface area contributed by atoms with Crippen LogP contribution in [0.2, 0.25) is 0 Å². The number of hydrogen-bond acceptors (Lipinski definition) is 1. The highest BCUT2D eigenvalue weighted by molar-refractivity contribution is 4.03. The quantitative estimate of drug-likeness (QED) is 0.309. The van der Waals surface area contributed by atoms with Crippen molar-refractivity contribution < 1.29 is 21.9 Å². The zero-order chi connectivity index (χ0) is 2.00. The topological polar surface area (TPSA) is 150 Å². The number of nitriles is 1. The van der Waals surface area contributed by atoms with Gasteiger partial charge >= 0.3 is 0 Å². The maximum atomic E-state index is 6.50. The molecule has 0 atom stereocenters. The van der Waals surface area contributed by atoms with Crippen LogP contribution in [-0.4, -0.2) is 21.9 Å². The first-order valence-corrected chi connectivity index (χ1v) is 0.258. The lowest BCUT2D eigenvalue weighted by Gasteiger charge is -0.668. The second-order valence-electron chi connectivity index (χ2n) is 0. The molecule has 0 aromatic rings. The van der Waals surface area contributed by atoms with Gasteiger partial charge in [-0.05, 0) is 0 Å². The van der Waals surface area contributed by atoms with Crippen molar-refractivity contribution >= 4 is 0 Å². The van der Waals surface area contributed by atoms with Gasteiger partial charge in [0.25, 0.3) is 0 Å². The van der Waals surface area contributed by atoms with E-state index in [9.17, 15) is 0 Å². The molecule has 8 N–H and O–H groups in total. The zero-order valence-electron chi connectivity index (χ0n) is 3.02. The van der Waals surface area contributed by atoms with Gasteiger partial charge in [0.1, 0.15) is 0 Å². The Bertz CT molecular complexity index is 12.3. The van der Waals surface area contributed by atoms with Gasteiger partial charge < -0.3 is 21.9 Å². The summed E-state index contributed by atoms with van der Waals surface area (Å²) in [6.07, 6.45) is 0. The smallest absolute Gasteiger partial charge is 0.0462 e. The molecule has 0 aliphatic rings. The molecule has 0 unspecified atom stereocenters. The molecule has 0 amide bonds. The predicted molar refractivity (Wildman–Crippen MR) is 21.1 cm³/mol. The lowest BCUT2D eigenvalue weighted by atomic mass is 11.9. The highest BCUT2D eigenvalue weighted by Gasteiger charge is 0.513. The molecule has 0 rings (SSSR count). The summed E-state index contributed by atoms with van der Waals surface area (Å²) in [6.45, 7) is 3.50. The Balaban J connectivity index is -0.000000000833. The van der Waals surface area contributed by atoms with Crippen LogP contribution < -0.4 is 0 Å². The van der Waals surface area contributed by atoms with Gasteiger partial charge in [0.15, 0.2) is 0 Å². The summed E-state index contributed by atoms with van der Waals surface area (Å²) < 4.78 is 0. The lowest BCUT2D eigenvalue weighted by Crippen LogP contribution is -0.569. The van der Waals surface area contributed by atoms with Crippen LogP contribution >= 0.6 is 0 Å². The van der Waals surface area contributed by atoms with Crippen molar-refractivity contribution in [1.82, 2.24) is 0 Å². The Morgan fingerprint density at radius 1 is 0.667 bits per heavy atom. The minimum absolute atomic E-state index is 0. The number of nitrogens with zero attached hydrogens (tertiary/aromatic N) is 1. The van der Waals surface area contributed by atoms with Crippen molar-refractivity contribution in [2.45, 2.75) is 0 Å². The lowest BCUT2D eigenvalue weighted by molar-refractivity contribution is 0.823. The Kier molecular flexibility index (Phi) is 16400. The van der Waals surface area contributed by atoms with Crippen molar-refractivity contribution in [2.24, 2.45) is 0 Å². The molecule has 0 fully saturated rings. The van der Waals surface area contributed by atoms with Crippen molar-refractivity contribution in [3.05, 3.63) is 0 Å². The van der Waals surface area contributed by atoms with Gasteiger partial charge in [-0.2, -0.15) is 0 Å². The van der Waals surface area contributed by atoms with Gasteiger partial charge in [-0.15, -0.1) is 0 Å². The molecule has 0 heterocycles. The van der Waals surface area contributed by atoms with Gasteiger partial charge in [0, 0.05) is 6.57 Å². The second kappa shape index (κ2) is 107. The normalized spacial score (nSPS) is 0.333. The van der Waals surface area contributed by atoms with Crippen LogP contribution in [0.25, 0.3) is 0 Å². The first kappa shape index (κ1) is 918. The first-order chi connectivity index (χ1) is 1.00. The molecule has 0 saturated carbocycles. The SMILES string of the molecule is C#N.O.O.O.O. The van der Waals surface area contributed by atoms with Crippen molar-refractivity contribution in [3.8, 4) is 6.57 Å². The average Bonchev–Trinajstić information content (AvgIpc) is 1.00. The Hall–Kier alpha value is -0.670. The first-order valence-electron chi connectivity index (χ1n) is 0.258. The maximum absolute atomic E-state index is 6.50. The molecule has 0 bridgehead atoms. The Labute approximate surface area is 35.1 Å². The zero-order valence-corrected chi connectivity index (χ0v) is 3.02. The maximum Gasteiger partial charge on any atom is 0.0462 e. The monoisotopic (exact) mass is 99.1 g/mol. The van der Waals surface area contributed by atoms with Gasteiger partial charge in [-0.1, -0.05) is 0 Å². The molecule has 0 aromatic carbocycles. The molecule has 5 nitrogen and oxygen atoms in total. The summed E-state index contributed by atoms with van der Waals surface area (Å²) in [7, 11) is 0. The average molecular weight is 99.1 g/mol. The van der Waals surface area contributed by atoms with Crippen molar-refractivity contribution in [3.63, 3.8) is 0 Å². The van der Waals surface area contributed by atoms with E-state index < -0.39 is 0 Å². The molecule has 42 valence electrons. The molecular weight excluding hydrogens is 90.0 g/mol. The van der Waals surface area contributed by atoms with Gasteiger partial charge in [-0.3, -0.25) is 0 Å². The molecule has 0 aromatic heterocycles. The third kappa shape index (κ3) is 40.3. The molecule has 0 aliphatic heterocycles. The summed E-state index contributed by atoms with van der Waals surface area (Å²) in [6, 6.07) is 0. The van der Waals surface area contributed by atoms with Crippen LogP contribution in [0.15, 0.2) is 0 Å². The molecule has 5 heteroatoms. The van der Waals surface area contributed by atoms with Gasteiger partial charge in [-0.25, -0.2) is 5.26 Å². The third-order valence-electron chi connectivity index (χ3n) is 0. The Morgan fingerprint density at radius 2 is 0.667 bits per heavy atom. The van der Waals surface area contributed by atoms with Crippen LogP contribution in [0.3, 0.4) is 0 Å². The summed E-state index contributed by atoms with van der Waals surface area (Å²) in [5.41, 5.74) is 0. The third-order valence-corrected chi connectivity index (χ3v) is 0. The van der Waals surface area contributed by atoms with E-state index in [0.29, 0.717) is 0 Å². The van der Waals surface area contributed by atoms with E-state index in [1.165, 1.54) is 0 Å². The summed E-state index contributed by atoms with van der Waals surface area (Å²) in [5.74, 6) is 0. The molecule has 0 saturated heterocycles. The van der Waals surface area contributed by atoms with E-state index in [-0.39, 0.29) is 21.9 Å². The molecule has 0 aliphatic carbocycles. The van der Waals surface area contributed by atoms with E-state index >= 15 is 0 Å². The summed E-state index contributed by atoms with van der Waals surface area (Å²) >= 11 is 0. The van der Waals surface area contributed by atoms with E-state index in [1.54, 1.807) is 0 Å². The van der Waals surface area contributed by atoms with Crippen LogP contribution in [0.1, 0.15) is 0 Å². The number of hydrogen-bond donors (Lipinski definition) is 0.